The SMILES string of the molecule is CCc1cc(Cl)c(-c2nnc(CCOC)[nH]2)cc1C(=O)N1CCC(c2ccc(N)cc2)CC1. The van der Waals surface area contributed by atoms with Crippen LogP contribution in [0.3, 0.4) is 0 Å². The Labute approximate surface area is 199 Å². The third-order valence-electron chi connectivity index (χ3n) is 6.33. The molecule has 2 aromatic carbocycles. The molecule has 0 atom stereocenters. The summed E-state index contributed by atoms with van der Waals surface area (Å²) in [5.41, 5.74) is 10.2. The van der Waals surface area contributed by atoms with Crippen molar-refractivity contribution >= 4 is 23.2 Å². The highest BCUT2D eigenvalue weighted by Gasteiger charge is 2.27. The molecule has 1 aliphatic heterocycles. The molecule has 3 N–H and O–H groups in total. The number of nitrogens with two attached hydrogens (primary N) is 1. The second kappa shape index (κ2) is 10.4. The Morgan fingerprint density at radius 3 is 2.61 bits per heavy atom. The van der Waals surface area contributed by atoms with Crippen molar-refractivity contribution in [2.24, 2.45) is 0 Å². The topological polar surface area (TPSA) is 97.1 Å². The third kappa shape index (κ3) is 5.20. The zero-order valence-electron chi connectivity index (χ0n) is 19.1. The monoisotopic (exact) mass is 467 g/mol. The number of halogens is 1. The van der Waals surface area contributed by atoms with E-state index in [1.165, 1.54) is 5.56 Å². The summed E-state index contributed by atoms with van der Waals surface area (Å²) in [5, 5.41) is 8.97. The molecule has 7 nitrogen and oxygen atoms in total. The van der Waals surface area contributed by atoms with Crippen LogP contribution >= 0.6 is 11.6 Å². The molecule has 3 aromatic rings. The maximum atomic E-state index is 13.5. The van der Waals surface area contributed by atoms with Crippen molar-refractivity contribution in [2.45, 2.75) is 38.5 Å². The lowest BCUT2D eigenvalue weighted by Crippen LogP contribution is -2.38. The lowest BCUT2D eigenvalue weighted by atomic mass is 9.89. The molecule has 174 valence electrons. The summed E-state index contributed by atoms with van der Waals surface area (Å²) in [6.45, 7) is 4.02. The van der Waals surface area contributed by atoms with Crippen LogP contribution in [0.4, 0.5) is 5.69 Å². The highest BCUT2D eigenvalue weighted by Crippen LogP contribution is 2.32. The summed E-state index contributed by atoms with van der Waals surface area (Å²) in [6.07, 6.45) is 3.21. The van der Waals surface area contributed by atoms with Crippen LogP contribution in [0.2, 0.25) is 5.02 Å². The van der Waals surface area contributed by atoms with Gasteiger partial charge < -0.3 is 20.4 Å². The van der Waals surface area contributed by atoms with Gasteiger partial charge in [0.05, 0.1) is 11.6 Å². The van der Waals surface area contributed by atoms with E-state index >= 15 is 0 Å². The van der Waals surface area contributed by atoms with Crippen LogP contribution in [0.15, 0.2) is 36.4 Å². The molecular formula is C25H30ClN5O2. The minimum absolute atomic E-state index is 0.0413. The number of piperidine rings is 1. The van der Waals surface area contributed by atoms with Crippen molar-refractivity contribution < 1.29 is 9.53 Å². The van der Waals surface area contributed by atoms with E-state index in [0.29, 0.717) is 40.9 Å². The van der Waals surface area contributed by atoms with Gasteiger partial charge in [0.15, 0.2) is 5.82 Å². The molecule has 0 unspecified atom stereocenters. The normalized spacial score (nSPS) is 14.6. The van der Waals surface area contributed by atoms with Crippen LogP contribution in [0.1, 0.15) is 53.0 Å². The first-order chi connectivity index (χ1) is 16.0. The van der Waals surface area contributed by atoms with Gasteiger partial charge in [0.25, 0.3) is 5.91 Å². The molecule has 1 amide bonds. The van der Waals surface area contributed by atoms with Crippen molar-refractivity contribution in [3.05, 3.63) is 63.9 Å². The number of carbonyl (C=O) groups excluding carboxylic acids is 1. The minimum atomic E-state index is 0.0413. The Balaban J connectivity index is 1.53. The Morgan fingerprint density at radius 1 is 1.21 bits per heavy atom. The zero-order chi connectivity index (χ0) is 23.4. The van der Waals surface area contributed by atoms with Crippen LogP contribution in [0.5, 0.6) is 0 Å². The fourth-order valence-electron chi connectivity index (χ4n) is 4.37. The summed E-state index contributed by atoms with van der Waals surface area (Å²) < 4.78 is 5.10. The fraction of sp³-hybridized carbons (Fsp3) is 0.400. The van der Waals surface area contributed by atoms with Gasteiger partial charge in [-0.15, -0.1) is 10.2 Å². The first kappa shape index (κ1) is 23.3. The average molecular weight is 468 g/mol. The molecule has 1 aromatic heterocycles. The van der Waals surface area contributed by atoms with Gasteiger partial charge in [-0.1, -0.05) is 30.7 Å². The van der Waals surface area contributed by atoms with Crippen molar-refractivity contribution in [2.75, 3.05) is 32.5 Å². The number of rotatable bonds is 7. The van der Waals surface area contributed by atoms with Gasteiger partial charge >= 0.3 is 0 Å². The number of H-pyrrole nitrogens is 1. The van der Waals surface area contributed by atoms with Gasteiger partial charge in [0.1, 0.15) is 5.82 Å². The second-order valence-electron chi connectivity index (χ2n) is 8.44. The van der Waals surface area contributed by atoms with Crippen molar-refractivity contribution in [1.82, 2.24) is 20.1 Å². The lowest BCUT2D eigenvalue weighted by Gasteiger charge is -2.33. The average Bonchev–Trinajstić information content (AvgIpc) is 3.31. The van der Waals surface area contributed by atoms with E-state index in [2.05, 4.69) is 27.3 Å². The molecule has 0 aliphatic carbocycles. The quantitative estimate of drug-likeness (QED) is 0.499. The number of ether oxygens (including phenoxy) is 1. The van der Waals surface area contributed by atoms with Crippen molar-refractivity contribution in [1.29, 1.82) is 0 Å². The van der Waals surface area contributed by atoms with E-state index < -0.39 is 0 Å². The predicted octanol–water partition coefficient (Wildman–Crippen LogP) is 4.48. The van der Waals surface area contributed by atoms with Crippen molar-refractivity contribution in [3.63, 3.8) is 0 Å². The highest BCUT2D eigenvalue weighted by atomic mass is 35.5. The number of aryl methyl sites for hydroxylation is 1. The maximum absolute atomic E-state index is 13.5. The number of hydrogen-bond acceptors (Lipinski definition) is 5. The number of aromatic nitrogens is 3. The number of benzene rings is 2. The number of nitrogens with one attached hydrogen (secondary N) is 1. The number of amides is 1. The first-order valence-corrected chi connectivity index (χ1v) is 11.8. The Kier molecular flexibility index (Phi) is 7.30. The number of hydrogen-bond donors (Lipinski definition) is 2. The van der Waals surface area contributed by atoms with Gasteiger partial charge in [0.2, 0.25) is 0 Å². The van der Waals surface area contributed by atoms with E-state index in [1.54, 1.807) is 7.11 Å². The van der Waals surface area contributed by atoms with E-state index in [4.69, 9.17) is 22.1 Å². The zero-order valence-corrected chi connectivity index (χ0v) is 19.9. The number of methoxy groups -OCH3 is 1. The Morgan fingerprint density at radius 2 is 1.94 bits per heavy atom. The Bertz CT molecular complexity index is 1100. The van der Waals surface area contributed by atoms with Crippen LogP contribution in [-0.4, -0.2) is 52.8 Å². The van der Waals surface area contributed by atoms with E-state index in [9.17, 15) is 4.79 Å². The smallest absolute Gasteiger partial charge is 0.254 e. The minimum Gasteiger partial charge on any atom is -0.399 e. The van der Waals surface area contributed by atoms with Gasteiger partial charge in [-0.3, -0.25) is 4.79 Å². The number of anilines is 1. The molecule has 1 fully saturated rings. The number of aromatic amines is 1. The molecule has 1 aliphatic rings. The molecule has 1 saturated heterocycles. The second-order valence-corrected chi connectivity index (χ2v) is 8.85. The van der Waals surface area contributed by atoms with Gasteiger partial charge in [-0.25, -0.2) is 0 Å². The van der Waals surface area contributed by atoms with Crippen LogP contribution in [-0.2, 0) is 17.6 Å². The molecular weight excluding hydrogens is 438 g/mol. The number of nitrogens with zero attached hydrogens (tertiary/aromatic N) is 3. The van der Waals surface area contributed by atoms with Crippen molar-refractivity contribution in [3.8, 4) is 11.4 Å². The van der Waals surface area contributed by atoms with E-state index in [-0.39, 0.29) is 5.91 Å². The van der Waals surface area contributed by atoms with Gasteiger partial charge in [-0.05, 0) is 60.6 Å². The summed E-state index contributed by atoms with van der Waals surface area (Å²) in [7, 11) is 1.65. The third-order valence-corrected chi connectivity index (χ3v) is 6.64. The molecule has 33 heavy (non-hydrogen) atoms. The molecule has 0 radical (unpaired) electrons. The Hall–Kier alpha value is -2.90. The van der Waals surface area contributed by atoms with Gasteiger partial charge in [0, 0.05) is 43.4 Å². The predicted molar refractivity (Wildman–Crippen MR) is 131 cm³/mol. The molecule has 8 heteroatoms. The fourth-order valence-corrected chi connectivity index (χ4v) is 4.65. The summed E-state index contributed by atoms with van der Waals surface area (Å²) in [6, 6.07) is 11.8. The molecule has 0 saturated carbocycles. The van der Waals surface area contributed by atoms with E-state index in [0.717, 1.165) is 49.4 Å². The maximum Gasteiger partial charge on any atom is 0.254 e. The summed E-state index contributed by atoms with van der Waals surface area (Å²) in [5.74, 6) is 1.77. The molecule has 2 heterocycles. The standard InChI is InChI=1S/C25H30ClN5O2/c1-3-16-14-22(26)21(24-28-23(29-30-24)10-13-33-2)15-20(16)25(32)31-11-8-18(9-12-31)17-4-6-19(27)7-5-17/h4-7,14-15,18H,3,8-13,27H2,1-2H3,(H,28,29,30). The largest absolute Gasteiger partial charge is 0.399 e. The van der Waals surface area contributed by atoms with Crippen LogP contribution < -0.4 is 5.73 Å². The molecule has 0 bridgehead atoms. The molecule has 0 spiro atoms. The van der Waals surface area contributed by atoms with Crippen LogP contribution in [0.25, 0.3) is 11.4 Å². The molecule has 4 rings (SSSR count). The van der Waals surface area contributed by atoms with Gasteiger partial charge in [-0.2, -0.15) is 0 Å². The lowest BCUT2D eigenvalue weighted by molar-refractivity contribution is 0.0712. The number of carbonyl (C=O) groups is 1. The highest BCUT2D eigenvalue weighted by molar-refractivity contribution is 6.33. The summed E-state index contributed by atoms with van der Waals surface area (Å²) in [4.78, 5) is 18.7. The number of nitrogen functional groups attached to an aromatic ring is 1. The summed E-state index contributed by atoms with van der Waals surface area (Å²) >= 11 is 6.57. The number of likely N-dealkylation sites (tertiary alicyclic amines) is 1. The first-order valence-electron chi connectivity index (χ1n) is 11.4. The van der Waals surface area contributed by atoms with E-state index in [1.807, 2.05) is 36.1 Å². The van der Waals surface area contributed by atoms with Crippen LogP contribution in [0, 0.1) is 0 Å².